The van der Waals surface area contributed by atoms with Gasteiger partial charge in [-0.2, -0.15) is 0 Å². The first-order chi connectivity index (χ1) is 16.1. The third kappa shape index (κ3) is 5.06. The fourth-order valence-corrected chi connectivity index (χ4v) is 4.41. The average molecular weight is 444 g/mol. The van der Waals surface area contributed by atoms with Gasteiger partial charge in [0, 0.05) is 44.0 Å². The quantitative estimate of drug-likeness (QED) is 0.560. The van der Waals surface area contributed by atoms with Crippen LogP contribution in [0.4, 0.5) is 0 Å². The Balaban J connectivity index is 1.59. The second-order valence-corrected chi connectivity index (χ2v) is 8.15. The number of aromatic nitrogens is 1. The van der Waals surface area contributed by atoms with Crippen molar-refractivity contribution in [2.75, 3.05) is 26.7 Å². The summed E-state index contributed by atoms with van der Waals surface area (Å²) in [4.78, 5) is 34.3. The molecule has 1 aliphatic rings. The number of pyridine rings is 1. The largest absolute Gasteiger partial charge is 0.496 e. The average Bonchev–Trinajstić information content (AvgIpc) is 2.86. The number of amides is 2. The second-order valence-electron chi connectivity index (χ2n) is 8.15. The molecule has 6 heteroatoms. The lowest BCUT2D eigenvalue weighted by Crippen LogP contribution is -2.59. The van der Waals surface area contributed by atoms with Crippen molar-refractivity contribution < 1.29 is 14.3 Å². The van der Waals surface area contributed by atoms with Gasteiger partial charge < -0.3 is 14.5 Å². The number of ether oxygens (including phenoxy) is 1. The normalized spacial score (nSPS) is 16.1. The molecule has 1 aliphatic heterocycles. The van der Waals surface area contributed by atoms with E-state index in [0.29, 0.717) is 31.8 Å². The summed E-state index contributed by atoms with van der Waals surface area (Å²) in [5.74, 6) is 0.635. The highest BCUT2D eigenvalue weighted by Crippen LogP contribution is 2.24. The lowest BCUT2D eigenvalue weighted by atomic mass is 9.97. The van der Waals surface area contributed by atoms with Crippen LogP contribution < -0.4 is 4.74 Å². The predicted molar refractivity (Wildman–Crippen MR) is 128 cm³/mol. The van der Waals surface area contributed by atoms with E-state index in [-0.39, 0.29) is 18.2 Å². The first kappa shape index (κ1) is 22.5. The number of nitrogens with zero attached hydrogens (tertiary/aromatic N) is 3. The topological polar surface area (TPSA) is 62.7 Å². The highest BCUT2D eigenvalue weighted by atomic mass is 16.5. The van der Waals surface area contributed by atoms with Gasteiger partial charge in [0.1, 0.15) is 11.8 Å². The van der Waals surface area contributed by atoms with Crippen molar-refractivity contribution in [1.29, 1.82) is 0 Å². The van der Waals surface area contributed by atoms with E-state index < -0.39 is 6.04 Å². The number of likely N-dealkylation sites (N-methyl/N-ethyl adjacent to an activating group) is 1. The molecule has 4 rings (SSSR count). The first-order valence-corrected chi connectivity index (χ1v) is 11.3. The highest BCUT2D eigenvalue weighted by Gasteiger charge is 2.36. The molecule has 0 bridgehead atoms. The van der Waals surface area contributed by atoms with Crippen LogP contribution in [-0.4, -0.2) is 59.4 Å². The monoisotopic (exact) mass is 443 g/mol. The highest BCUT2D eigenvalue weighted by molar-refractivity contribution is 5.90. The van der Waals surface area contributed by atoms with Gasteiger partial charge in [0.05, 0.1) is 13.5 Å². The standard InChI is InChI=1S/C27H29N3O3/c1-3-29-15-16-30(26(31)19-23-8-4-5-10-25(23)33-2)24(27(29)32)18-20-7-6-9-22(17-20)21-11-13-28-14-12-21/h4-14,17,24H,3,15-16,18-19H2,1-2H3. The van der Waals surface area contributed by atoms with Crippen LogP contribution in [0.25, 0.3) is 11.1 Å². The van der Waals surface area contributed by atoms with Gasteiger partial charge in [0.15, 0.2) is 0 Å². The van der Waals surface area contributed by atoms with Crippen molar-refractivity contribution in [1.82, 2.24) is 14.8 Å². The maximum Gasteiger partial charge on any atom is 0.245 e. The Kier molecular flexibility index (Phi) is 7.03. The van der Waals surface area contributed by atoms with Crippen LogP contribution in [0.3, 0.4) is 0 Å². The third-order valence-electron chi connectivity index (χ3n) is 6.19. The summed E-state index contributed by atoms with van der Waals surface area (Å²) in [5, 5.41) is 0. The van der Waals surface area contributed by atoms with Crippen molar-refractivity contribution in [3.05, 3.63) is 84.2 Å². The zero-order chi connectivity index (χ0) is 23.2. The van der Waals surface area contributed by atoms with E-state index in [2.05, 4.69) is 11.1 Å². The number of rotatable bonds is 7. The van der Waals surface area contributed by atoms with E-state index in [1.54, 1.807) is 24.4 Å². The number of methoxy groups -OCH3 is 1. The molecule has 1 saturated heterocycles. The lowest BCUT2D eigenvalue weighted by Gasteiger charge is -2.40. The van der Waals surface area contributed by atoms with E-state index in [1.807, 2.05) is 66.4 Å². The third-order valence-corrected chi connectivity index (χ3v) is 6.19. The molecular weight excluding hydrogens is 414 g/mol. The van der Waals surface area contributed by atoms with Crippen molar-refractivity contribution in [3.8, 4) is 16.9 Å². The molecule has 33 heavy (non-hydrogen) atoms. The van der Waals surface area contributed by atoms with Gasteiger partial charge in [0.25, 0.3) is 0 Å². The van der Waals surface area contributed by atoms with Crippen molar-refractivity contribution >= 4 is 11.8 Å². The fraction of sp³-hybridized carbons (Fsp3) is 0.296. The van der Waals surface area contributed by atoms with Gasteiger partial charge in [-0.3, -0.25) is 14.6 Å². The molecule has 170 valence electrons. The molecule has 1 atom stereocenters. The van der Waals surface area contributed by atoms with Gasteiger partial charge >= 0.3 is 0 Å². The van der Waals surface area contributed by atoms with E-state index in [9.17, 15) is 9.59 Å². The first-order valence-electron chi connectivity index (χ1n) is 11.3. The van der Waals surface area contributed by atoms with Crippen molar-refractivity contribution in [2.24, 2.45) is 0 Å². The lowest BCUT2D eigenvalue weighted by molar-refractivity contribution is -0.150. The second kappa shape index (κ2) is 10.3. The maximum absolute atomic E-state index is 13.4. The maximum atomic E-state index is 13.4. The van der Waals surface area contributed by atoms with E-state index in [4.69, 9.17) is 4.74 Å². The molecule has 3 aromatic rings. The molecule has 0 aliphatic carbocycles. The molecule has 1 unspecified atom stereocenters. The molecule has 0 N–H and O–H groups in total. The molecular formula is C27H29N3O3. The summed E-state index contributed by atoms with van der Waals surface area (Å²) in [7, 11) is 1.60. The Labute approximate surface area is 194 Å². The predicted octanol–water partition coefficient (Wildman–Crippen LogP) is 3.60. The van der Waals surface area contributed by atoms with Crippen LogP contribution in [0.1, 0.15) is 18.1 Å². The Morgan fingerprint density at radius 1 is 1.03 bits per heavy atom. The molecule has 6 nitrogen and oxygen atoms in total. The molecule has 1 aromatic heterocycles. The number of hydrogen-bond acceptors (Lipinski definition) is 4. The summed E-state index contributed by atoms with van der Waals surface area (Å²) in [6.45, 7) is 3.70. The Bertz CT molecular complexity index is 1120. The summed E-state index contributed by atoms with van der Waals surface area (Å²) in [6.07, 6.45) is 4.22. The van der Waals surface area contributed by atoms with Gasteiger partial charge in [-0.25, -0.2) is 0 Å². The summed E-state index contributed by atoms with van der Waals surface area (Å²) < 4.78 is 5.42. The van der Waals surface area contributed by atoms with Gasteiger partial charge in [-0.1, -0.05) is 42.5 Å². The van der Waals surface area contributed by atoms with Crippen LogP contribution in [0, 0.1) is 0 Å². The number of carbonyl (C=O) groups excluding carboxylic acids is 2. The summed E-state index contributed by atoms with van der Waals surface area (Å²) in [6, 6.07) is 19.1. The molecule has 1 fully saturated rings. The molecule has 2 aromatic carbocycles. The Morgan fingerprint density at radius 2 is 1.82 bits per heavy atom. The molecule has 0 radical (unpaired) electrons. The Hall–Kier alpha value is -3.67. The van der Waals surface area contributed by atoms with Crippen LogP contribution >= 0.6 is 0 Å². The number of para-hydroxylation sites is 1. The minimum atomic E-state index is -0.520. The molecule has 2 amide bonds. The summed E-state index contributed by atoms with van der Waals surface area (Å²) in [5.41, 5.74) is 3.99. The zero-order valence-electron chi connectivity index (χ0n) is 19.1. The fourth-order valence-electron chi connectivity index (χ4n) is 4.41. The van der Waals surface area contributed by atoms with Crippen molar-refractivity contribution in [3.63, 3.8) is 0 Å². The number of hydrogen-bond donors (Lipinski definition) is 0. The van der Waals surface area contributed by atoms with Crippen LogP contribution in [0.5, 0.6) is 5.75 Å². The van der Waals surface area contributed by atoms with E-state index in [0.717, 1.165) is 22.3 Å². The minimum absolute atomic E-state index is 0.00596. The van der Waals surface area contributed by atoms with Crippen LogP contribution in [-0.2, 0) is 22.4 Å². The molecule has 2 heterocycles. The Morgan fingerprint density at radius 3 is 2.58 bits per heavy atom. The van der Waals surface area contributed by atoms with Crippen LogP contribution in [0.2, 0.25) is 0 Å². The van der Waals surface area contributed by atoms with E-state index >= 15 is 0 Å². The van der Waals surface area contributed by atoms with Crippen molar-refractivity contribution in [2.45, 2.75) is 25.8 Å². The van der Waals surface area contributed by atoms with Gasteiger partial charge in [-0.05, 0) is 41.8 Å². The molecule has 0 saturated carbocycles. The van der Waals surface area contributed by atoms with E-state index in [1.165, 1.54) is 0 Å². The SMILES string of the molecule is CCN1CCN(C(=O)Cc2ccccc2OC)C(Cc2cccc(-c3ccncc3)c2)C1=O. The zero-order valence-corrected chi connectivity index (χ0v) is 19.1. The number of benzene rings is 2. The minimum Gasteiger partial charge on any atom is -0.496 e. The molecule has 0 spiro atoms. The smallest absolute Gasteiger partial charge is 0.245 e. The number of carbonyl (C=O) groups is 2. The van der Waals surface area contributed by atoms with Gasteiger partial charge in [-0.15, -0.1) is 0 Å². The number of piperazine rings is 1. The van der Waals surface area contributed by atoms with Crippen LogP contribution in [0.15, 0.2) is 73.1 Å². The summed E-state index contributed by atoms with van der Waals surface area (Å²) >= 11 is 0. The van der Waals surface area contributed by atoms with Gasteiger partial charge in [0.2, 0.25) is 11.8 Å².